The number of hydrogen-bond donors (Lipinski definition) is 1. The molecule has 0 saturated heterocycles. The number of benzene rings is 2. The van der Waals surface area contributed by atoms with Gasteiger partial charge in [0, 0.05) is 22.3 Å². The standard InChI is InChI=1S/C19H17NO5S/c1-11-10-15(19(23)24)6-9-17(11)26-16-7-4-14(5-8-16)18(22)12(2)20-25-13(3)21/h4-10H,1-3H3,(H,23,24)/b20-12+. The van der Waals surface area contributed by atoms with Crippen LogP contribution in [0.5, 0.6) is 0 Å². The van der Waals surface area contributed by atoms with Gasteiger partial charge in [-0.15, -0.1) is 0 Å². The fourth-order valence-electron chi connectivity index (χ4n) is 2.08. The van der Waals surface area contributed by atoms with Crippen molar-refractivity contribution in [1.29, 1.82) is 0 Å². The van der Waals surface area contributed by atoms with E-state index in [1.807, 2.05) is 6.92 Å². The number of nitrogens with zero attached hydrogens (tertiary/aromatic N) is 1. The van der Waals surface area contributed by atoms with Crippen molar-refractivity contribution >= 4 is 35.2 Å². The highest BCUT2D eigenvalue weighted by Gasteiger charge is 2.12. The third-order valence-corrected chi connectivity index (χ3v) is 4.59. The molecule has 2 rings (SSSR count). The molecule has 134 valence electrons. The van der Waals surface area contributed by atoms with E-state index in [0.717, 1.165) is 15.4 Å². The van der Waals surface area contributed by atoms with E-state index in [0.29, 0.717) is 5.56 Å². The van der Waals surface area contributed by atoms with Crippen LogP contribution in [0, 0.1) is 6.92 Å². The summed E-state index contributed by atoms with van der Waals surface area (Å²) < 4.78 is 0. The second-order valence-electron chi connectivity index (χ2n) is 5.50. The molecule has 0 fully saturated rings. The van der Waals surface area contributed by atoms with Crippen LogP contribution < -0.4 is 0 Å². The smallest absolute Gasteiger partial charge is 0.335 e. The fraction of sp³-hybridized carbons (Fsp3) is 0.158. The molecule has 0 amide bonds. The van der Waals surface area contributed by atoms with E-state index in [2.05, 4.69) is 9.99 Å². The van der Waals surface area contributed by atoms with Crippen LogP contribution in [0.3, 0.4) is 0 Å². The molecule has 0 bridgehead atoms. The van der Waals surface area contributed by atoms with E-state index in [4.69, 9.17) is 5.11 Å². The Morgan fingerprint density at radius 1 is 1.00 bits per heavy atom. The molecule has 1 N–H and O–H groups in total. The van der Waals surface area contributed by atoms with E-state index in [9.17, 15) is 14.4 Å². The van der Waals surface area contributed by atoms with Gasteiger partial charge in [0.25, 0.3) is 0 Å². The Kier molecular flexibility index (Phi) is 6.30. The minimum absolute atomic E-state index is 0.0840. The number of carboxylic acids is 1. The number of carbonyl (C=O) groups is 3. The van der Waals surface area contributed by atoms with E-state index in [1.165, 1.54) is 25.6 Å². The SMILES string of the molecule is CC(=O)O/N=C(\C)C(=O)c1ccc(Sc2ccc(C(=O)O)cc2C)cc1. The molecule has 0 aromatic heterocycles. The molecule has 0 unspecified atom stereocenters. The molecular weight excluding hydrogens is 354 g/mol. The van der Waals surface area contributed by atoms with Gasteiger partial charge < -0.3 is 9.94 Å². The first kappa shape index (κ1) is 19.4. The van der Waals surface area contributed by atoms with Crippen LogP contribution in [-0.2, 0) is 9.63 Å². The van der Waals surface area contributed by atoms with Crippen molar-refractivity contribution in [2.45, 2.75) is 30.6 Å². The number of Topliss-reactive ketones (excluding diaryl/α,β-unsaturated/α-hetero) is 1. The molecule has 0 spiro atoms. The number of ketones is 1. The molecule has 0 radical (unpaired) electrons. The number of hydrogen-bond acceptors (Lipinski definition) is 6. The first-order valence-electron chi connectivity index (χ1n) is 7.66. The number of carbonyl (C=O) groups excluding carboxylic acids is 2. The number of carboxylic acid groups (broad SMARTS) is 1. The van der Waals surface area contributed by atoms with E-state index in [-0.39, 0.29) is 17.1 Å². The Hall–Kier alpha value is -2.93. The summed E-state index contributed by atoms with van der Waals surface area (Å²) in [5.74, 6) is -1.88. The second-order valence-corrected chi connectivity index (χ2v) is 6.62. The van der Waals surface area contributed by atoms with Crippen LogP contribution in [0.2, 0.25) is 0 Å². The Balaban J connectivity index is 2.12. The van der Waals surface area contributed by atoms with Crippen molar-refractivity contribution in [3.8, 4) is 0 Å². The maximum absolute atomic E-state index is 12.2. The van der Waals surface area contributed by atoms with Crippen molar-refractivity contribution in [3.63, 3.8) is 0 Å². The molecule has 0 aliphatic heterocycles. The maximum atomic E-state index is 12.2. The molecule has 6 nitrogen and oxygen atoms in total. The van der Waals surface area contributed by atoms with Crippen LogP contribution in [0.15, 0.2) is 57.4 Å². The van der Waals surface area contributed by atoms with Gasteiger partial charge in [0.2, 0.25) is 5.78 Å². The second kappa shape index (κ2) is 8.44. The highest BCUT2D eigenvalue weighted by molar-refractivity contribution is 7.99. The van der Waals surface area contributed by atoms with E-state index in [1.54, 1.807) is 42.5 Å². The van der Waals surface area contributed by atoms with Crippen LogP contribution in [-0.4, -0.2) is 28.5 Å². The lowest BCUT2D eigenvalue weighted by atomic mass is 10.1. The molecule has 2 aromatic carbocycles. The maximum Gasteiger partial charge on any atom is 0.335 e. The van der Waals surface area contributed by atoms with Crippen molar-refractivity contribution in [2.24, 2.45) is 5.16 Å². The third kappa shape index (κ3) is 5.03. The Labute approximate surface area is 154 Å². The normalized spacial score (nSPS) is 11.1. The van der Waals surface area contributed by atoms with Gasteiger partial charge in [0.1, 0.15) is 5.71 Å². The summed E-state index contributed by atoms with van der Waals surface area (Å²) in [5.41, 5.74) is 1.62. The third-order valence-electron chi connectivity index (χ3n) is 3.41. The molecule has 7 heteroatoms. The van der Waals surface area contributed by atoms with Gasteiger partial charge in [-0.2, -0.15) is 0 Å². The summed E-state index contributed by atoms with van der Waals surface area (Å²) in [4.78, 5) is 40.2. The Bertz CT molecular complexity index is 887. The largest absolute Gasteiger partial charge is 0.478 e. The minimum Gasteiger partial charge on any atom is -0.478 e. The molecule has 0 heterocycles. The molecule has 26 heavy (non-hydrogen) atoms. The van der Waals surface area contributed by atoms with Gasteiger partial charge in [-0.05, 0) is 61.9 Å². The Morgan fingerprint density at radius 3 is 2.15 bits per heavy atom. The lowest BCUT2D eigenvalue weighted by Gasteiger charge is -2.07. The summed E-state index contributed by atoms with van der Waals surface area (Å²) in [5, 5.41) is 12.5. The van der Waals surface area contributed by atoms with Crippen LogP contribution >= 0.6 is 11.8 Å². The summed E-state index contributed by atoms with van der Waals surface area (Å²) in [6, 6.07) is 11.9. The first-order chi connectivity index (χ1) is 12.3. The van der Waals surface area contributed by atoms with Crippen LogP contribution in [0.4, 0.5) is 0 Å². The van der Waals surface area contributed by atoms with Crippen LogP contribution in [0.25, 0.3) is 0 Å². The summed E-state index contributed by atoms with van der Waals surface area (Å²) in [6.07, 6.45) is 0. The zero-order chi connectivity index (χ0) is 19.3. The monoisotopic (exact) mass is 371 g/mol. The van der Waals surface area contributed by atoms with Crippen molar-refractivity contribution in [1.82, 2.24) is 0 Å². The fourth-order valence-corrected chi connectivity index (χ4v) is 2.96. The lowest BCUT2D eigenvalue weighted by Crippen LogP contribution is -2.11. The molecule has 0 aliphatic carbocycles. The summed E-state index contributed by atoms with van der Waals surface area (Å²) in [6.45, 7) is 4.53. The molecule has 0 atom stereocenters. The zero-order valence-electron chi connectivity index (χ0n) is 14.5. The van der Waals surface area contributed by atoms with E-state index >= 15 is 0 Å². The molecule has 0 saturated carbocycles. The molecule has 0 aliphatic rings. The highest BCUT2D eigenvalue weighted by atomic mass is 32.2. The van der Waals surface area contributed by atoms with Gasteiger partial charge in [-0.25, -0.2) is 9.59 Å². The van der Waals surface area contributed by atoms with Crippen molar-refractivity contribution < 1.29 is 24.3 Å². The topological polar surface area (TPSA) is 93.0 Å². The first-order valence-corrected chi connectivity index (χ1v) is 8.48. The van der Waals surface area contributed by atoms with Gasteiger partial charge >= 0.3 is 11.9 Å². The number of rotatable bonds is 6. The Morgan fingerprint density at radius 2 is 1.62 bits per heavy atom. The van der Waals surface area contributed by atoms with Crippen LogP contribution in [0.1, 0.15) is 40.1 Å². The minimum atomic E-state index is -0.960. The van der Waals surface area contributed by atoms with Gasteiger partial charge in [0.15, 0.2) is 0 Å². The average molecular weight is 371 g/mol. The number of oxime groups is 1. The zero-order valence-corrected chi connectivity index (χ0v) is 15.3. The van der Waals surface area contributed by atoms with Crippen molar-refractivity contribution in [2.75, 3.05) is 0 Å². The lowest BCUT2D eigenvalue weighted by molar-refractivity contribution is -0.140. The molecular formula is C19H17NO5S. The predicted octanol–water partition coefficient (Wildman–Crippen LogP) is 3.97. The summed E-state index contributed by atoms with van der Waals surface area (Å²) in [7, 11) is 0. The highest BCUT2D eigenvalue weighted by Crippen LogP contribution is 2.31. The number of aryl methyl sites for hydroxylation is 1. The molecule has 2 aromatic rings. The van der Waals surface area contributed by atoms with E-state index < -0.39 is 11.9 Å². The summed E-state index contributed by atoms with van der Waals surface area (Å²) >= 11 is 1.47. The quantitative estimate of drug-likeness (QED) is 0.357. The van der Waals surface area contributed by atoms with Gasteiger partial charge in [0.05, 0.1) is 5.56 Å². The van der Waals surface area contributed by atoms with Crippen molar-refractivity contribution in [3.05, 3.63) is 59.2 Å². The van der Waals surface area contributed by atoms with Gasteiger partial charge in [-0.1, -0.05) is 16.9 Å². The predicted molar refractivity (Wildman–Crippen MR) is 97.9 cm³/mol. The average Bonchev–Trinajstić information content (AvgIpc) is 2.61. The van der Waals surface area contributed by atoms with Gasteiger partial charge in [-0.3, -0.25) is 4.79 Å². The number of aromatic carboxylic acids is 1.